The second kappa shape index (κ2) is 7.94. The minimum absolute atomic E-state index is 0.161. The number of amides is 1. The Bertz CT molecular complexity index is 553. The summed E-state index contributed by atoms with van der Waals surface area (Å²) in [7, 11) is 0. The second-order valence-electron chi connectivity index (χ2n) is 5.84. The highest BCUT2D eigenvalue weighted by Crippen LogP contribution is 2.22. The summed E-state index contributed by atoms with van der Waals surface area (Å²) in [6.07, 6.45) is 3.03. The number of hydrogen-bond donors (Lipinski definition) is 0. The van der Waals surface area contributed by atoms with E-state index in [0.717, 1.165) is 19.3 Å². The van der Waals surface area contributed by atoms with Crippen LogP contribution in [0.5, 0.6) is 5.75 Å². The lowest BCUT2D eigenvalue weighted by Gasteiger charge is -2.38. The smallest absolute Gasteiger partial charge is 0.344 e. The van der Waals surface area contributed by atoms with E-state index in [1.807, 2.05) is 13.8 Å². The van der Waals surface area contributed by atoms with Crippen LogP contribution >= 0.6 is 0 Å². The van der Waals surface area contributed by atoms with Crippen LogP contribution < -0.4 is 4.74 Å². The average Bonchev–Trinajstić information content (AvgIpc) is 2.51. The molecule has 0 bridgehead atoms. The van der Waals surface area contributed by atoms with E-state index < -0.39 is 11.8 Å². The first kappa shape index (κ1) is 17.2. The van der Waals surface area contributed by atoms with Crippen molar-refractivity contribution in [2.45, 2.75) is 45.2 Å². The van der Waals surface area contributed by atoms with Crippen molar-refractivity contribution in [3.8, 4) is 5.75 Å². The normalized spacial score (nSPS) is 20.9. The molecule has 5 nitrogen and oxygen atoms in total. The summed E-state index contributed by atoms with van der Waals surface area (Å²) in [5.74, 6) is -1.05. The SMILES string of the molecule is C[C@@H]1CCC[C@@H](C)N1C(=O)COC(=O)COc1cccc(F)c1. The third-order valence-electron chi connectivity index (χ3n) is 3.99. The predicted octanol–water partition coefficient (Wildman–Crippen LogP) is 2.54. The molecule has 0 aromatic heterocycles. The maximum atomic E-state index is 13.0. The molecule has 126 valence electrons. The fourth-order valence-corrected chi connectivity index (χ4v) is 2.87. The first-order chi connectivity index (χ1) is 11.0. The molecule has 0 aliphatic carbocycles. The summed E-state index contributed by atoms with van der Waals surface area (Å²) in [4.78, 5) is 25.6. The molecule has 1 fully saturated rings. The number of nitrogens with zero attached hydrogens (tertiary/aromatic N) is 1. The number of halogens is 1. The molecular weight excluding hydrogens is 301 g/mol. The lowest BCUT2D eigenvalue weighted by atomic mass is 9.97. The number of likely N-dealkylation sites (tertiary alicyclic amines) is 1. The van der Waals surface area contributed by atoms with E-state index in [1.54, 1.807) is 11.0 Å². The molecule has 1 amide bonds. The van der Waals surface area contributed by atoms with E-state index in [9.17, 15) is 14.0 Å². The van der Waals surface area contributed by atoms with Gasteiger partial charge in [0.2, 0.25) is 0 Å². The Morgan fingerprint density at radius 2 is 1.91 bits per heavy atom. The van der Waals surface area contributed by atoms with Crippen LogP contribution in [0.1, 0.15) is 33.1 Å². The number of carbonyl (C=O) groups is 2. The Morgan fingerprint density at radius 3 is 2.57 bits per heavy atom. The standard InChI is InChI=1S/C17H22FNO4/c1-12-5-3-6-13(2)19(12)16(20)10-23-17(21)11-22-15-8-4-7-14(18)9-15/h4,7-9,12-13H,3,5-6,10-11H2,1-2H3/t12-,13-/m1/s1. The number of ether oxygens (including phenoxy) is 2. The topological polar surface area (TPSA) is 55.8 Å². The fourth-order valence-electron chi connectivity index (χ4n) is 2.87. The van der Waals surface area contributed by atoms with Crippen molar-refractivity contribution in [2.75, 3.05) is 13.2 Å². The van der Waals surface area contributed by atoms with Crippen molar-refractivity contribution in [3.05, 3.63) is 30.1 Å². The van der Waals surface area contributed by atoms with Crippen LogP contribution in [0.3, 0.4) is 0 Å². The Hall–Kier alpha value is -2.11. The molecule has 1 aromatic carbocycles. The minimum Gasteiger partial charge on any atom is -0.482 e. The van der Waals surface area contributed by atoms with Crippen LogP contribution in [-0.4, -0.2) is 42.1 Å². The van der Waals surface area contributed by atoms with Gasteiger partial charge in [-0.1, -0.05) is 6.07 Å². The first-order valence-corrected chi connectivity index (χ1v) is 7.82. The Balaban J connectivity index is 1.76. The van der Waals surface area contributed by atoms with Gasteiger partial charge in [0.05, 0.1) is 0 Å². The zero-order chi connectivity index (χ0) is 16.8. The van der Waals surface area contributed by atoms with Gasteiger partial charge in [-0.15, -0.1) is 0 Å². The van der Waals surface area contributed by atoms with Gasteiger partial charge in [0.15, 0.2) is 13.2 Å². The molecule has 1 aromatic rings. The van der Waals surface area contributed by atoms with Crippen LogP contribution in [0.4, 0.5) is 4.39 Å². The maximum absolute atomic E-state index is 13.0. The molecule has 1 heterocycles. The van der Waals surface area contributed by atoms with E-state index in [1.165, 1.54) is 18.2 Å². The summed E-state index contributed by atoms with van der Waals surface area (Å²) in [6.45, 7) is 3.35. The number of esters is 1. The van der Waals surface area contributed by atoms with Gasteiger partial charge < -0.3 is 14.4 Å². The Labute approximate surface area is 135 Å². The molecule has 0 radical (unpaired) electrons. The zero-order valence-corrected chi connectivity index (χ0v) is 13.5. The van der Waals surface area contributed by atoms with Gasteiger partial charge in [-0.25, -0.2) is 9.18 Å². The van der Waals surface area contributed by atoms with Gasteiger partial charge in [-0.3, -0.25) is 4.79 Å². The van der Waals surface area contributed by atoms with Crippen molar-refractivity contribution in [1.82, 2.24) is 4.90 Å². The third kappa shape index (κ3) is 4.94. The highest BCUT2D eigenvalue weighted by atomic mass is 19.1. The summed E-state index contributed by atoms with van der Waals surface area (Å²) in [5.41, 5.74) is 0. The monoisotopic (exact) mass is 323 g/mol. The Kier molecular flexibility index (Phi) is 5.96. The molecule has 0 saturated carbocycles. The van der Waals surface area contributed by atoms with Crippen LogP contribution in [0.15, 0.2) is 24.3 Å². The Morgan fingerprint density at radius 1 is 1.22 bits per heavy atom. The number of hydrogen-bond acceptors (Lipinski definition) is 4. The van der Waals surface area contributed by atoms with Gasteiger partial charge in [0, 0.05) is 18.2 Å². The number of benzene rings is 1. The van der Waals surface area contributed by atoms with Crippen molar-refractivity contribution >= 4 is 11.9 Å². The first-order valence-electron chi connectivity index (χ1n) is 7.82. The van der Waals surface area contributed by atoms with Crippen LogP contribution in [0.2, 0.25) is 0 Å². The van der Waals surface area contributed by atoms with Crippen molar-refractivity contribution < 1.29 is 23.5 Å². The quantitative estimate of drug-likeness (QED) is 0.782. The van der Waals surface area contributed by atoms with Crippen molar-refractivity contribution in [1.29, 1.82) is 0 Å². The number of piperidine rings is 1. The van der Waals surface area contributed by atoms with E-state index in [-0.39, 0.29) is 37.0 Å². The second-order valence-corrected chi connectivity index (χ2v) is 5.84. The van der Waals surface area contributed by atoms with Crippen molar-refractivity contribution in [3.63, 3.8) is 0 Å². The van der Waals surface area contributed by atoms with E-state index >= 15 is 0 Å². The van der Waals surface area contributed by atoms with Crippen LogP contribution in [0.25, 0.3) is 0 Å². The fraction of sp³-hybridized carbons (Fsp3) is 0.529. The molecule has 1 aliphatic rings. The van der Waals surface area contributed by atoms with Gasteiger partial charge in [0.25, 0.3) is 5.91 Å². The lowest BCUT2D eigenvalue weighted by Crippen LogP contribution is -2.49. The molecule has 2 rings (SSSR count). The summed E-state index contributed by atoms with van der Waals surface area (Å²) in [6, 6.07) is 5.81. The largest absolute Gasteiger partial charge is 0.482 e. The van der Waals surface area contributed by atoms with E-state index in [4.69, 9.17) is 9.47 Å². The molecule has 0 spiro atoms. The molecule has 0 unspecified atom stereocenters. The molecule has 1 saturated heterocycles. The predicted molar refractivity (Wildman–Crippen MR) is 82.5 cm³/mol. The lowest BCUT2D eigenvalue weighted by molar-refractivity contribution is -0.156. The molecule has 0 N–H and O–H groups in total. The molecule has 23 heavy (non-hydrogen) atoms. The average molecular weight is 323 g/mol. The van der Waals surface area contributed by atoms with Gasteiger partial charge in [-0.05, 0) is 45.2 Å². The van der Waals surface area contributed by atoms with Crippen molar-refractivity contribution in [2.24, 2.45) is 0 Å². The van der Waals surface area contributed by atoms with Crippen LogP contribution in [0, 0.1) is 5.82 Å². The highest BCUT2D eigenvalue weighted by Gasteiger charge is 2.29. The van der Waals surface area contributed by atoms with Crippen LogP contribution in [-0.2, 0) is 14.3 Å². The van der Waals surface area contributed by atoms with E-state index in [0.29, 0.717) is 0 Å². The summed E-state index contributed by atoms with van der Waals surface area (Å²) in [5, 5.41) is 0. The highest BCUT2D eigenvalue weighted by molar-refractivity contribution is 5.81. The number of carbonyl (C=O) groups excluding carboxylic acids is 2. The molecule has 6 heteroatoms. The van der Waals surface area contributed by atoms with E-state index in [2.05, 4.69) is 0 Å². The molecule has 2 atom stereocenters. The van der Waals surface area contributed by atoms with Gasteiger partial charge in [-0.2, -0.15) is 0 Å². The molecule has 1 aliphatic heterocycles. The zero-order valence-electron chi connectivity index (χ0n) is 13.5. The maximum Gasteiger partial charge on any atom is 0.344 e. The molecular formula is C17H22FNO4. The third-order valence-corrected chi connectivity index (χ3v) is 3.99. The van der Waals surface area contributed by atoms with Gasteiger partial charge in [0.1, 0.15) is 11.6 Å². The minimum atomic E-state index is -0.653. The van der Waals surface area contributed by atoms with Gasteiger partial charge >= 0.3 is 5.97 Å². The summed E-state index contributed by atoms with van der Waals surface area (Å²) < 4.78 is 23.1. The summed E-state index contributed by atoms with van der Waals surface area (Å²) >= 11 is 0. The number of rotatable bonds is 5.